The monoisotopic (exact) mass is 310 g/mol. The molecule has 1 aromatic heterocycles. The third-order valence-electron chi connectivity index (χ3n) is 4.18. The van der Waals surface area contributed by atoms with Crippen LogP contribution in [0.3, 0.4) is 0 Å². The topological polar surface area (TPSA) is 89.3 Å². The van der Waals surface area contributed by atoms with Crippen LogP contribution in [0.4, 0.5) is 10.9 Å². The number of methoxy groups -OCH3 is 1. The number of nitrogen functional groups attached to an aromatic ring is 1. The van der Waals surface area contributed by atoms with Crippen molar-refractivity contribution in [3.05, 3.63) is 4.88 Å². The number of anilines is 2. The van der Waals surface area contributed by atoms with E-state index in [1.165, 1.54) is 24.2 Å². The van der Waals surface area contributed by atoms with Crippen LogP contribution in [-0.2, 0) is 4.74 Å². The van der Waals surface area contributed by atoms with E-state index in [2.05, 4.69) is 15.6 Å². The van der Waals surface area contributed by atoms with Crippen LogP contribution in [-0.4, -0.2) is 37.2 Å². The van der Waals surface area contributed by atoms with Gasteiger partial charge in [0, 0.05) is 26.3 Å². The van der Waals surface area contributed by atoms with E-state index in [0.717, 1.165) is 31.0 Å². The van der Waals surface area contributed by atoms with Gasteiger partial charge in [0.1, 0.15) is 10.7 Å². The smallest absolute Gasteiger partial charge is 0.265 e. The van der Waals surface area contributed by atoms with E-state index in [1.54, 1.807) is 7.11 Å². The van der Waals surface area contributed by atoms with Crippen molar-refractivity contribution in [1.29, 1.82) is 0 Å². The second kappa shape index (κ2) is 5.81. The molecule has 1 amide bonds. The molecule has 0 atom stereocenters. The lowest BCUT2D eigenvalue weighted by atomic mass is 10.0. The number of hydrogen-bond donors (Lipinski definition) is 3. The number of amides is 1. The standard InChI is InChI=1S/C14H22N4O2S/c1-20-7-6-14(4-5-14)8-16-12(19)10-11(15)18-13(21-10)17-9-2-3-9/h9H,2-8,15H2,1H3,(H,16,19)(H,17,18). The lowest BCUT2D eigenvalue weighted by Gasteiger charge is -2.15. The molecule has 0 spiro atoms. The van der Waals surface area contributed by atoms with E-state index >= 15 is 0 Å². The number of aromatic nitrogens is 1. The van der Waals surface area contributed by atoms with Gasteiger partial charge in [-0.1, -0.05) is 11.3 Å². The molecule has 6 nitrogen and oxygen atoms in total. The van der Waals surface area contributed by atoms with Crippen LogP contribution in [0.2, 0.25) is 0 Å². The SMILES string of the molecule is COCCC1(CNC(=O)c2sc(NC3CC3)nc2N)CC1. The van der Waals surface area contributed by atoms with Gasteiger partial charge in [0.2, 0.25) is 0 Å². The minimum absolute atomic E-state index is 0.113. The molecule has 1 heterocycles. The fourth-order valence-corrected chi connectivity index (χ4v) is 3.20. The van der Waals surface area contributed by atoms with Gasteiger partial charge < -0.3 is 21.1 Å². The highest BCUT2D eigenvalue weighted by molar-refractivity contribution is 7.18. The number of carbonyl (C=O) groups excluding carboxylic acids is 1. The molecule has 2 aliphatic rings. The number of nitrogens with two attached hydrogens (primary N) is 1. The lowest BCUT2D eigenvalue weighted by Crippen LogP contribution is -2.30. The van der Waals surface area contributed by atoms with E-state index in [4.69, 9.17) is 10.5 Å². The Bertz CT molecular complexity index is 523. The number of nitrogens with one attached hydrogen (secondary N) is 2. The molecule has 2 fully saturated rings. The molecule has 0 bridgehead atoms. The van der Waals surface area contributed by atoms with Gasteiger partial charge in [-0.05, 0) is 37.5 Å². The molecule has 0 aliphatic heterocycles. The Morgan fingerprint density at radius 2 is 2.29 bits per heavy atom. The summed E-state index contributed by atoms with van der Waals surface area (Å²) in [6.07, 6.45) is 5.65. The first-order valence-electron chi connectivity index (χ1n) is 7.42. The Morgan fingerprint density at radius 1 is 1.52 bits per heavy atom. The minimum atomic E-state index is -0.113. The van der Waals surface area contributed by atoms with Crippen molar-refractivity contribution < 1.29 is 9.53 Å². The van der Waals surface area contributed by atoms with Crippen LogP contribution in [0.5, 0.6) is 0 Å². The molecule has 0 radical (unpaired) electrons. The van der Waals surface area contributed by atoms with Gasteiger partial charge in [0.05, 0.1) is 0 Å². The zero-order valence-corrected chi connectivity index (χ0v) is 13.1. The van der Waals surface area contributed by atoms with Gasteiger partial charge in [-0.15, -0.1) is 0 Å². The van der Waals surface area contributed by atoms with Gasteiger partial charge >= 0.3 is 0 Å². The molecular weight excluding hydrogens is 288 g/mol. The van der Waals surface area contributed by atoms with E-state index < -0.39 is 0 Å². The second-order valence-electron chi connectivity index (χ2n) is 6.08. The van der Waals surface area contributed by atoms with Crippen molar-refractivity contribution in [2.75, 3.05) is 31.3 Å². The average Bonchev–Trinajstić information content (AvgIpc) is 3.36. The summed E-state index contributed by atoms with van der Waals surface area (Å²) in [5.74, 6) is 0.208. The summed E-state index contributed by atoms with van der Waals surface area (Å²) in [6, 6.07) is 0.509. The number of nitrogens with zero attached hydrogens (tertiary/aromatic N) is 1. The summed E-state index contributed by atoms with van der Waals surface area (Å²) in [4.78, 5) is 17.0. The number of hydrogen-bond acceptors (Lipinski definition) is 6. The molecule has 116 valence electrons. The Balaban J connectivity index is 1.54. The summed E-state index contributed by atoms with van der Waals surface area (Å²) in [5, 5.41) is 7.03. The highest BCUT2D eigenvalue weighted by Crippen LogP contribution is 2.48. The number of ether oxygens (including phenoxy) is 1. The summed E-state index contributed by atoms with van der Waals surface area (Å²) in [6.45, 7) is 1.44. The maximum absolute atomic E-state index is 12.2. The predicted octanol–water partition coefficient (Wildman–Crippen LogP) is 1.85. The fourth-order valence-electron chi connectivity index (χ4n) is 2.32. The lowest BCUT2D eigenvalue weighted by molar-refractivity contribution is 0.0942. The summed E-state index contributed by atoms with van der Waals surface area (Å²) < 4.78 is 5.13. The maximum Gasteiger partial charge on any atom is 0.265 e. The number of thiazole rings is 1. The van der Waals surface area contributed by atoms with Crippen molar-refractivity contribution >= 4 is 28.2 Å². The highest BCUT2D eigenvalue weighted by atomic mass is 32.1. The quantitative estimate of drug-likeness (QED) is 0.682. The Kier molecular flexibility index (Phi) is 4.03. The second-order valence-corrected chi connectivity index (χ2v) is 7.08. The van der Waals surface area contributed by atoms with Crippen LogP contribution in [0.15, 0.2) is 0 Å². The van der Waals surface area contributed by atoms with Crippen LogP contribution in [0.1, 0.15) is 41.8 Å². The van der Waals surface area contributed by atoms with Gasteiger partial charge in [0.25, 0.3) is 5.91 Å². The molecule has 0 saturated heterocycles. The zero-order chi connectivity index (χ0) is 14.9. The molecule has 2 aliphatic carbocycles. The molecule has 21 heavy (non-hydrogen) atoms. The summed E-state index contributed by atoms with van der Waals surface area (Å²) in [5.41, 5.74) is 6.09. The van der Waals surface area contributed by atoms with Gasteiger partial charge in [-0.2, -0.15) is 0 Å². The zero-order valence-electron chi connectivity index (χ0n) is 12.3. The molecule has 0 unspecified atom stereocenters. The third kappa shape index (κ3) is 3.65. The normalized spacial score (nSPS) is 19.3. The first-order chi connectivity index (χ1) is 10.1. The maximum atomic E-state index is 12.2. The van der Waals surface area contributed by atoms with Crippen molar-refractivity contribution in [1.82, 2.24) is 10.3 Å². The molecule has 1 aromatic rings. The van der Waals surface area contributed by atoms with Crippen molar-refractivity contribution in [3.8, 4) is 0 Å². The van der Waals surface area contributed by atoms with Gasteiger partial charge in [0.15, 0.2) is 5.13 Å². The highest BCUT2D eigenvalue weighted by Gasteiger charge is 2.42. The number of rotatable bonds is 8. The van der Waals surface area contributed by atoms with Crippen LogP contribution < -0.4 is 16.4 Å². The van der Waals surface area contributed by atoms with E-state index in [1.807, 2.05) is 0 Å². The fraction of sp³-hybridized carbons (Fsp3) is 0.714. The third-order valence-corrected chi connectivity index (χ3v) is 5.18. The Labute approximate surface area is 128 Å². The van der Waals surface area contributed by atoms with Gasteiger partial charge in [-0.25, -0.2) is 4.98 Å². The average molecular weight is 310 g/mol. The van der Waals surface area contributed by atoms with Crippen LogP contribution in [0, 0.1) is 5.41 Å². The number of carbonyl (C=O) groups is 1. The summed E-state index contributed by atoms with van der Waals surface area (Å²) >= 11 is 1.34. The molecule has 3 rings (SSSR count). The van der Waals surface area contributed by atoms with E-state index in [9.17, 15) is 4.79 Å². The van der Waals surface area contributed by atoms with Crippen LogP contribution >= 0.6 is 11.3 Å². The minimum Gasteiger partial charge on any atom is -0.385 e. The summed E-state index contributed by atoms with van der Waals surface area (Å²) in [7, 11) is 1.71. The van der Waals surface area contributed by atoms with E-state index in [0.29, 0.717) is 23.3 Å². The Hall–Kier alpha value is -1.34. The Morgan fingerprint density at radius 3 is 2.90 bits per heavy atom. The largest absolute Gasteiger partial charge is 0.385 e. The first kappa shape index (κ1) is 14.6. The molecule has 0 aromatic carbocycles. The molecular formula is C14H22N4O2S. The first-order valence-corrected chi connectivity index (χ1v) is 8.23. The van der Waals surface area contributed by atoms with Crippen molar-refractivity contribution in [2.45, 2.75) is 38.1 Å². The molecule has 2 saturated carbocycles. The van der Waals surface area contributed by atoms with Crippen LogP contribution in [0.25, 0.3) is 0 Å². The molecule has 4 N–H and O–H groups in total. The van der Waals surface area contributed by atoms with E-state index in [-0.39, 0.29) is 11.3 Å². The molecule has 7 heteroatoms. The van der Waals surface area contributed by atoms with Gasteiger partial charge in [-0.3, -0.25) is 4.79 Å². The predicted molar refractivity (Wildman–Crippen MR) is 83.7 cm³/mol. The van der Waals surface area contributed by atoms with Crippen molar-refractivity contribution in [3.63, 3.8) is 0 Å². The van der Waals surface area contributed by atoms with Crippen molar-refractivity contribution in [2.24, 2.45) is 5.41 Å².